The van der Waals surface area contributed by atoms with Crippen LogP contribution in [0, 0.1) is 5.92 Å². The van der Waals surface area contributed by atoms with Gasteiger partial charge in [-0.3, -0.25) is 4.79 Å². The van der Waals surface area contributed by atoms with E-state index in [0.717, 1.165) is 5.57 Å². The van der Waals surface area contributed by atoms with Crippen LogP contribution in [0.15, 0.2) is 11.6 Å². The predicted molar refractivity (Wildman–Crippen MR) is 68.3 cm³/mol. The lowest BCUT2D eigenvalue weighted by molar-refractivity contribution is -0.142. The lowest BCUT2D eigenvalue weighted by atomic mass is 10.0. The van der Waals surface area contributed by atoms with Crippen molar-refractivity contribution in [2.24, 2.45) is 5.92 Å². The van der Waals surface area contributed by atoms with E-state index in [0.29, 0.717) is 19.4 Å². The second-order valence-electron chi connectivity index (χ2n) is 4.67. The summed E-state index contributed by atoms with van der Waals surface area (Å²) in [5.41, 5.74) is 1.03. The van der Waals surface area contributed by atoms with Crippen molar-refractivity contribution < 1.29 is 18.3 Å². The van der Waals surface area contributed by atoms with Gasteiger partial charge in [0.25, 0.3) is 10.2 Å². The summed E-state index contributed by atoms with van der Waals surface area (Å²) < 4.78 is 27.5. The van der Waals surface area contributed by atoms with E-state index in [9.17, 15) is 13.2 Å². The molecule has 0 aliphatic carbocycles. The first-order valence-electron chi connectivity index (χ1n) is 5.94. The van der Waals surface area contributed by atoms with Crippen LogP contribution in [0.4, 0.5) is 0 Å². The molecule has 0 aromatic carbocycles. The van der Waals surface area contributed by atoms with Crippen LogP contribution in [-0.2, 0) is 15.0 Å². The van der Waals surface area contributed by atoms with Crippen molar-refractivity contribution in [3.8, 4) is 0 Å². The molecule has 1 aliphatic heterocycles. The Labute approximate surface area is 108 Å². The molecular formula is C11H20N2O4S. The largest absolute Gasteiger partial charge is 0.481 e. The van der Waals surface area contributed by atoms with Crippen molar-refractivity contribution >= 4 is 16.2 Å². The monoisotopic (exact) mass is 276 g/mol. The van der Waals surface area contributed by atoms with Crippen LogP contribution in [0.3, 0.4) is 0 Å². The first-order chi connectivity index (χ1) is 8.33. The number of carbonyl (C=O) groups is 1. The molecule has 1 rings (SSSR count). The summed E-state index contributed by atoms with van der Waals surface area (Å²) in [7, 11) is -3.57. The Bertz CT molecular complexity index is 426. The first kappa shape index (κ1) is 15.1. The van der Waals surface area contributed by atoms with E-state index in [4.69, 9.17) is 5.11 Å². The Morgan fingerprint density at radius 2 is 2.17 bits per heavy atom. The molecule has 6 nitrogen and oxygen atoms in total. The maximum absolute atomic E-state index is 11.9. The van der Waals surface area contributed by atoms with Crippen molar-refractivity contribution in [2.75, 3.05) is 19.6 Å². The molecule has 0 bridgehead atoms. The third-order valence-corrected chi connectivity index (χ3v) is 4.39. The highest BCUT2D eigenvalue weighted by Crippen LogP contribution is 2.18. The van der Waals surface area contributed by atoms with E-state index in [-0.39, 0.29) is 13.1 Å². The van der Waals surface area contributed by atoms with E-state index in [1.165, 1.54) is 4.31 Å². The zero-order valence-electron chi connectivity index (χ0n) is 10.7. The Balaban J connectivity index is 2.61. The fourth-order valence-electron chi connectivity index (χ4n) is 1.80. The number of allylic oxidation sites excluding steroid dienone is 1. The molecule has 7 heteroatoms. The summed E-state index contributed by atoms with van der Waals surface area (Å²) in [6.07, 6.45) is 2.89. The summed E-state index contributed by atoms with van der Waals surface area (Å²) in [6, 6.07) is 0. The van der Waals surface area contributed by atoms with Crippen molar-refractivity contribution in [3.63, 3.8) is 0 Å². The number of carboxylic acid groups (broad SMARTS) is 1. The number of aliphatic carboxylic acids is 1. The summed E-state index contributed by atoms with van der Waals surface area (Å²) in [4.78, 5) is 10.9. The maximum Gasteiger partial charge on any atom is 0.307 e. The number of nitrogens with zero attached hydrogens (tertiary/aromatic N) is 1. The Kier molecular flexibility index (Phi) is 5.30. The number of carboxylic acids is 1. The van der Waals surface area contributed by atoms with Gasteiger partial charge in [0.1, 0.15) is 0 Å². The van der Waals surface area contributed by atoms with Crippen LogP contribution in [-0.4, -0.2) is 43.4 Å². The Morgan fingerprint density at radius 3 is 2.72 bits per heavy atom. The molecule has 1 unspecified atom stereocenters. The quantitative estimate of drug-likeness (QED) is 0.719. The fourth-order valence-corrected chi connectivity index (χ4v) is 3.03. The van der Waals surface area contributed by atoms with Crippen LogP contribution in [0.5, 0.6) is 0 Å². The Morgan fingerprint density at radius 1 is 1.50 bits per heavy atom. The van der Waals surface area contributed by atoms with Gasteiger partial charge in [-0.25, -0.2) is 0 Å². The van der Waals surface area contributed by atoms with Gasteiger partial charge in [0, 0.05) is 19.6 Å². The SMILES string of the molecule is CC(C)=CCNS(=O)(=O)N1CCCC(C(=O)O)C1. The molecule has 0 spiro atoms. The van der Waals surface area contributed by atoms with Crippen molar-refractivity contribution in [3.05, 3.63) is 11.6 Å². The second kappa shape index (κ2) is 6.31. The molecular weight excluding hydrogens is 256 g/mol. The zero-order valence-corrected chi connectivity index (χ0v) is 11.5. The Hall–Kier alpha value is -0.920. The zero-order chi connectivity index (χ0) is 13.8. The van der Waals surface area contributed by atoms with Gasteiger partial charge in [0.2, 0.25) is 0 Å². The molecule has 104 valence electrons. The van der Waals surface area contributed by atoms with Gasteiger partial charge in [0.15, 0.2) is 0 Å². The normalized spacial score (nSPS) is 21.6. The third kappa shape index (κ3) is 4.40. The molecule has 1 saturated heterocycles. The minimum atomic E-state index is -3.57. The van der Waals surface area contributed by atoms with Gasteiger partial charge in [-0.05, 0) is 26.7 Å². The maximum atomic E-state index is 11.9. The van der Waals surface area contributed by atoms with Crippen LogP contribution in [0.1, 0.15) is 26.7 Å². The average Bonchev–Trinajstić information content (AvgIpc) is 2.28. The van der Waals surface area contributed by atoms with E-state index in [2.05, 4.69) is 4.72 Å². The highest BCUT2D eigenvalue weighted by atomic mass is 32.2. The van der Waals surface area contributed by atoms with Gasteiger partial charge in [0.05, 0.1) is 5.92 Å². The number of hydrogen-bond acceptors (Lipinski definition) is 3. The van der Waals surface area contributed by atoms with Crippen LogP contribution < -0.4 is 4.72 Å². The minimum Gasteiger partial charge on any atom is -0.481 e. The molecule has 0 amide bonds. The second-order valence-corrected chi connectivity index (χ2v) is 6.43. The summed E-state index contributed by atoms with van der Waals surface area (Å²) >= 11 is 0. The lowest BCUT2D eigenvalue weighted by Gasteiger charge is -2.29. The van der Waals surface area contributed by atoms with Gasteiger partial charge in [-0.15, -0.1) is 0 Å². The molecule has 2 N–H and O–H groups in total. The summed E-state index contributed by atoms with van der Waals surface area (Å²) in [6.45, 7) is 4.44. The highest BCUT2D eigenvalue weighted by molar-refractivity contribution is 7.87. The molecule has 0 radical (unpaired) electrons. The molecule has 1 fully saturated rings. The number of nitrogens with one attached hydrogen (secondary N) is 1. The van der Waals surface area contributed by atoms with Crippen LogP contribution >= 0.6 is 0 Å². The standard InChI is InChI=1S/C11H20N2O4S/c1-9(2)5-6-12-18(16,17)13-7-3-4-10(8-13)11(14)15/h5,10,12H,3-4,6-8H2,1-2H3,(H,14,15). The molecule has 1 atom stereocenters. The highest BCUT2D eigenvalue weighted by Gasteiger charge is 2.31. The molecule has 0 aromatic rings. The van der Waals surface area contributed by atoms with E-state index in [1.807, 2.05) is 13.8 Å². The molecule has 1 heterocycles. The predicted octanol–water partition coefficient (Wildman–Crippen LogP) is 0.584. The number of rotatable bonds is 5. The van der Waals surface area contributed by atoms with Gasteiger partial charge >= 0.3 is 5.97 Å². The first-order valence-corrected chi connectivity index (χ1v) is 7.38. The lowest BCUT2D eigenvalue weighted by Crippen LogP contribution is -2.47. The van der Waals surface area contributed by atoms with E-state index in [1.54, 1.807) is 6.08 Å². The number of piperidine rings is 1. The molecule has 0 saturated carbocycles. The smallest absolute Gasteiger partial charge is 0.307 e. The molecule has 18 heavy (non-hydrogen) atoms. The van der Waals surface area contributed by atoms with Gasteiger partial charge in [-0.2, -0.15) is 17.4 Å². The van der Waals surface area contributed by atoms with Crippen LogP contribution in [0.2, 0.25) is 0 Å². The van der Waals surface area contributed by atoms with Crippen molar-refractivity contribution in [1.82, 2.24) is 9.03 Å². The summed E-state index contributed by atoms with van der Waals surface area (Å²) in [5, 5.41) is 8.92. The number of hydrogen-bond donors (Lipinski definition) is 2. The third-order valence-electron chi connectivity index (χ3n) is 2.85. The topological polar surface area (TPSA) is 86.7 Å². The molecule has 1 aliphatic rings. The fraction of sp³-hybridized carbons (Fsp3) is 0.727. The van der Waals surface area contributed by atoms with Crippen LogP contribution in [0.25, 0.3) is 0 Å². The minimum absolute atomic E-state index is 0.0550. The van der Waals surface area contributed by atoms with Gasteiger partial charge < -0.3 is 5.11 Å². The summed E-state index contributed by atoms with van der Waals surface area (Å²) in [5.74, 6) is -1.53. The van der Waals surface area contributed by atoms with E-state index < -0.39 is 22.1 Å². The average molecular weight is 276 g/mol. The van der Waals surface area contributed by atoms with Crippen molar-refractivity contribution in [1.29, 1.82) is 0 Å². The van der Waals surface area contributed by atoms with Crippen molar-refractivity contribution in [2.45, 2.75) is 26.7 Å². The van der Waals surface area contributed by atoms with E-state index >= 15 is 0 Å². The van der Waals surface area contributed by atoms with Gasteiger partial charge in [-0.1, -0.05) is 11.6 Å². The molecule has 0 aromatic heterocycles.